The monoisotopic (exact) mass is 363 g/mol. The first-order chi connectivity index (χ1) is 11.9. The van der Waals surface area contributed by atoms with Crippen LogP contribution in [0.4, 0.5) is 5.69 Å². The minimum Gasteiger partial charge on any atom is -0.481 e. The van der Waals surface area contributed by atoms with E-state index in [1.54, 1.807) is 18.2 Å². The zero-order valence-corrected chi connectivity index (χ0v) is 14.3. The summed E-state index contributed by atoms with van der Waals surface area (Å²) < 4.78 is 0.824. The number of benzene rings is 1. The van der Waals surface area contributed by atoms with Crippen molar-refractivity contribution in [2.45, 2.75) is 12.2 Å². The fraction of sp³-hybridized carbons (Fsp3) is 0.250. The van der Waals surface area contributed by atoms with E-state index in [0.29, 0.717) is 17.2 Å². The smallest absolute Gasteiger partial charge is 0.328 e. The summed E-state index contributed by atoms with van der Waals surface area (Å²) in [7, 11) is 1.28. The summed E-state index contributed by atoms with van der Waals surface area (Å²) in [5.74, 6) is -0.347. The Labute approximate surface area is 146 Å². The van der Waals surface area contributed by atoms with Crippen molar-refractivity contribution in [3.05, 3.63) is 62.4 Å². The van der Waals surface area contributed by atoms with E-state index in [4.69, 9.17) is 5.11 Å². The Kier molecular flexibility index (Phi) is 6.18. The van der Waals surface area contributed by atoms with Crippen molar-refractivity contribution in [3.8, 4) is 0 Å². The quantitative estimate of drug-likeness (QED) is 0.632. The molecule has 3 N–H and O–H groups in total. The molecule has 0 saturated carbocycles. The van der Waals surface area contributed by atoms with Crippen LogP contribution in [0.3, 0.4) is 0 Å². The molecule has 1 amide bonds. The van der Waals surface area contributed by atoms with Gasteiger partial charge in [-0.1, -0.05) is 12.1 Å². The number of anilines is 1. The maximum Gasteiger partial charge on any atom is 0.328 e. The fourth-order valence-corrected chi connectivity index (χ4v) is 2.89. The molecule has 0 spiro atoms. The summed E-state index contributed by atoms with van der Waals surface area (Å²) in [6.45, 7) is 0. The summed E-state index contributed by atoms with van der Waals surface area (Å²) >= 11 is 1.48. The maximum atomic E-state index is 12.2. The van der Waals surface area contributed by atoms with Gasteiger partial charge in [-0.3, -0.25) is 19.0 Å². The number of aliphatic carboxylic acids is 1. The van der Waals surface area contributed by atoms with Crippen LogP contribution in [0.5, 0.6) is 0 Å². The molecular weight excluding hydrogens is 346 g/mol. The molecule has 25 heavy (non-hydrogen) atoms. The molecule has 0 radical (unpaired) electrons. The third-order valence-corrected chi connectivity index (χ3v) is 4.37. The van der Waals surface area contributed by atoms with Crippen LogP contribution in [0.25, 0.3) is 0 Å². The van der Waals surface area contributed by atoms with Crippen LogP contribution in [0.2, 0.25) is 0 Å². The first kappa shape index (κ1) is 18.5. The highest BCUT2D eigenvalue weighted by molar-refractivity contribution is 7.98. The van der Waals surface area contributed by atoms with E-state index < -0.39 is 23.1 Å². The summed E-state index contributed by atoms with van der Waals surface area (Å²) in [5, 5.41) is 11.2. The average molecular weight is 363 g/mol. The second-order valence-corrected chi connectivity index (χ2v) is 6.33. The Morgan fingerprint density at radius 2 is 2.08 bits per heavy atom. The lowest BCUT2D eigenvalue weighted by Crippen LogP contribution is -2.37. The summed E-state index contributed by atoms with van der Waals surface area (Å²) in [5.41, 5.74) is -0.0101. The van der Waals surface area contributed by atoms with Gasteiger partial charge in [0.2, 0.25) is 0 Å². The lowest BCUT2D eigenvalue weighted by molar-refractivity contribution is -0.136. The van der Waals surface area contributed by atoms with E-state index in [1.165, 1.54) is 18.8 Å². The molecule has 8 nitrogen and oxygen atoms in total. The van der Waals surface area contributed by atoms with Gasteiger partial charge in [-0.05, 0) is 17.7 Å². The number of carbonyl (C=O) groups excluding carboxylic acids is 1. The highest BCUT2D eigenvalue weighted by Gasteiger charge is 2.13. The molecule has 0 unspecified atom stereocenters. The second-order valence-electron chi connectivity index (χ2n) is 5.22. The van der Waals surface area contributed by atoms with Gasteiger partial charge in [0.1, 0.15) is 5.56 Å². The van der Waals surface area contributed by atoms with Crippen molar-refractivity contribution < 1.29 is 14.7 Å². The van der Waals surface area contributed by atoms with Crippen molar-refractivity contribution in [3.63, 3.8) is 0 Å². The predicted octanol–water partition coefficient (Wildman–Crippen LogP) is 1.03. The minimum atomic E-state index is -0.837. The molecule has 0 aliphatic heterocycles. The highest BCUT2D eigenvalue weighted by atomic mass is 32.2. The SMILES string of the molecule is Cn1c(=O)[nH]cc(C(=O)Nc2cccc(CSCCC(=O)O)c2)c1=O. The van der Waals surface area contributed by atoms with Crippen LogP contribution < -0.4 is 16.6 Å². The van der Waals surface area contributed by atoms with Gasteiger partial charge >= 0.3 is 11.7 Å². The Morgan fingerprint density at radius 1 is 1.32 bits per heavy atom. The molecule has 1 heterocycles. The number of aromatic amines is 1. The Morgan fingerprint density at radius 3 is 2.80 bits per heavy atom. The topological polar surface area (TPSA) is 121 Å². The third kappa shape index (κ3) is 5.08. The lowest BCUT2D eigenvalue weighted by Gasteiger charge is -2.08. The number of H-pyrrole nitrogens is 1. The van der Waals surface area contributed by atoms with Gasteiger partial charge in [0, 0.05) is 30.4 Å². The van der Waals surface area contributed by atoms with E-state index in [0.717, 1.165) is 16.3 Å². The van der Waals surface area contributed by atoms with Crippen LogP contribution in [0.15, 0.2) is 40.1 Å². The first-order valence-electron chi connectivity index (χ1n) is 7.37. The van der Waals surface area contributed by atoms with Gasteiger partial charge in [0.25, 0.3) is 11.5 Å². The van der Waals surface area contributed by atoms with Crippen LogP contribution >= 0.6 is 11.8 Å². The molecule has 0 aliphatic carbocycles. The van der Waals surface area contributed by atoms with Crippen molar-refractivity contribution in [1.29, 1.82) is 0 Å². The van der Waals surface area contributed by atoms with Gasteiger partial charge in [-0.25, -0.2) is 4.79 Å². The Balaban J connectivity index is 2.05. The molecule has 0 atom stereocenters. The molecule has 9 heteroatoms. The van der Waals surface area contributed by atoms with Crippen molar-refractivity contribution in [2.24, 2.45) is 7.05 Å². The van der Waals surface area contributed by atoms with Gasteiger partial charge < -0.3 is 15.4 Å². The molecule has 0 aliphatic rings. The number of carbonyl (C=O) groups is 2. The number of hydrogen-bond acceptors (Lipinski definition) is 5. The van der Waals surface area contributed by atoms with E-state index in [2.05, 4.69) is 10.3 Å². The van der Waals surface area contributed by atoms with Crippen molar-refractivity contribution in [1.82, 2.24) is 9.55 Å². The number of hydrogen-bond donors (Lipinski definition) is 3. The molecule has 1 aromatic carbocycles. The number of carboxylic acids is 1. The first-order valence-corrected chi connectivity index (χ1v) is 8.52. The Bertz CT molecular complexity index is 903. The maximum absolute atomic E-state index is 12.2. The number of amides is 1. The van der Waals surface area contributed by atoms with E-state index >= 15 is 0 Å². The molecule has 2 aromatic rings. The summed E-state index contributed by atoms with van der Waals surface area (Å²) in [4.78, 5) is 48.3. The predicted molar refractivity (Wildman–Crippen MR) is 95.1 cm³/mol. The van der Waals surface area contributed by atoms with Crippen LogP contribution in [0.1, 0.15) is 22.3 Å². The minimum absolute atomic E-state index is 0.0938. The van der Waals surface area contributed by atoms with Crippen LogP contribution in [-0.2, 0) is 17.6 Å². The average Bonchev–Trinajstić information content (AvgIpc) is 2.57. The van der Waals surface area contributed by atoms with E-state index in [-0.39, 0.29) is 12.0 Å². The molecule has 0 bridgehead atoms. The van der Waals surface area contributed by atoms with Crippen molar-refractivity contribution in [2.75, 3.05) is 11.1 Å². The molecule has 1 aromatic heterocycles. The van der Waals surface area contributed by atoms with Gasteiger partial charge in [-0.15, -0.1) is 0 Å². The standard InChI is InChI=1S/C16H17N3O5S/c1-19-15(23)12(8-17-16(19)24)14(22)18-11-4-2-3-10(7-11)9-25-6-5-13(20)21/h2-4,7-8H,5-6,9H2,1H3,(H,17,24)(H,18,22)(H,20,21). The van der Waals surface area contributed by atoms with Crippen LogP contribution in [-0.4, -0.2) is 32.3 Å². The second kappa shape index (κ2) is 8.34. The molecule has 0 fully saturated rings. The van der Waals surface area contributed by atoms with Gasteiger partial charge in [0.15, 0.2) is 0 Å². The van der Waals surface area contributed by atoms with E-state index in [1.807, 2.05) is 6.07 Å². The summed E-state index contributed by atoms with van der Waals surface area (Å²) in [6, 6.07) is 7.05. The van der Waals surface area contributed by atoms with Gasteiger partial charge in [-0.2, -0.15) is 11.8 Å². The Hall–Kier alpha value is -2.81. The number of nitrogens with one attached hydrogen (secondary N) is 2. The lowest BCUT2D eigenvalue weighted by atomic mass is 10.2. The largest absolute Gasteiger partial charge is 0.481 e. The molecule has 132 valence electrons. The highest BCUT2D eigenvalue weighted by Crippen LogP contribution is 2.17. The van der Waals surface area contributed by atoms with E-state index in [9.17, 15) is 19.2 Å². The number of rotatable bonds is 7. The molecular formula is C16H17N3O5S. The molecule has 2 rings (SSSR count). The van der Waals surface area contributed by atoms with Crippen molar-refractivity contribution >= 4 is 29.3 Å². The fourth-order valence-electron chi connectivity index (χ4n) is 2.01. The number of carboxylic acid groups (broad SMARTS) is 1. The molecule has 0 saturated heterocycles. The zero-order valence-electron chi connectivity index (χ0n) is 13.4. The number of aromatic nitrogens is 2. The number of nitrogens with zero attached hydrogens (tertiary/aromatic N) is 1. The summed E-state index contributed by atoms with van der Waals surface area (Å²) in [6.07, 6.45) is 1.18. The van der Waals surface area contributed by atoms with Crippen LogP contribution in [0, 0.1) is 0 Å². The zero-order chi connectivity index (χ0) is 18.4. The normalized spacial score (nSPS) is 10.4. The third-order valence-electron chi connectivity index (χ3n) is 3.34. The number of thioether (sulfide) groups is 1. The van der Waals surface area contributed by atoms with Gasteiger partial charge in [0.05, 0.1) is 6.42 Å².